The Balaban J connectivity index is 1.24. The molecule has 0 saturated heterocycles. The first-order valence-corrected chi connectivity index (χ1v) is 13.7. The fraction of sp³-hybridized carbons (Fsp3) is 0.226. The lowest BCUT2D eigenvalue weighted by Crippen LogP contribution is -2.35. The van der Waals surface area contributed by atoms with Gasteiger partial charge in [-0.25, -0.2) is 13.8 Å². The molecular formula is C31H29F2N7O3. The normalized spacial score (nSPS) is 12.0. The molecule has 0 fully saturated rings. The summed E-state index contributed by atoms with van der Waals surface area (Å²) in [6, 6.07) is 17.5. The molecule has 5 aromatic rings. The minimum Gasteiger partial charge on any atom is -0.454 e. The number of benzene rings is 3. The van der Waals surface area contributed by atoms with Crippen molar-refractivity contribution in [2.75, 3.05) is 44.2 Å². The van der Waals surface area contributed by atoms with Crippen LogP contribution in [-0.4, -0.2) is 64.3 Å². The maximum Gasteiger partial charge on any atom is 0.253 e. The standard InChI is InChI=1S/C31H29F2N7O3/c1-38(30(41)22-6-10-24(33)11-7-22)13-14-39(2)31-36-28(34-16-21-5-12-25-26(15-21)43-19-42-25)27-29(37-31)40(18-35-27)17-20-3-8-23(32)9-4-20/h3-12,15,18H,13-14,16-17,19H2,1-2H3,(H,34,36,37). The smallest absolute Gasteiger partial charge is 0.253 e. The number of aromatic nitrogens is 4. The molecule has 1 amide bonds. The van der Waals surface area contributed by atoms with Crippen LogP contribution in [0.2, 0.25) is 0 Å². The van der Waals surface area contributed by atoms with Gasteiger partial charge in [-0.3, -0.25) is 4.79 Å². The van der Waals surface area contributed by atoms with Gasteiger partial charge in [0, 0.05) is 39.3 Å². The van der Waals surface area contributed by atoms with E-state index in [4.69, 9.17) is 19.4 Å². The van der Waals surface area contributed by atoms with E-state index in [2.05, 4.69) is 10.3 Å². The molecular weight excluding hydrogens is 556 g/mol. The van der Waals surface area contributed by atoms with E-state index in [-0.39, 0.29) is 18.5 Å². The summed E-state index contributed by atoms with van der Waals surface area (Å²) in [7, 11) is 3.54. The number of imidazole rings is 1. The highest BCUT2D eigenvalue weighted by Gasteiger charge is 2.19. The van der Waals surface area contributed by atoms with Gasteiger partial charge in [0.05, 0.1) is 12.9 Å². The van der Waals surface area contributed by atoms with E-state index in [1.165, 1.54) is 36.4 Å². The van der Waals surface area contributed by atoms with Crippen molar-refractivity contribution in [2.24, 2.45) is 0 Å². The van der Waals surface area contributed by atoms with Crippen molar-refractivity contribution in [1.29, 1.82) is 0 Å². The number of anilines is 2. The van der Waals surface area contributed by atoms with Gasteiger partial charge < -0.3 is 29.2 Å². The number of nitrogens with zero attached hydrogens (tertiary/aromatic N) is 6. The molecule has 0 unspecified atom stereocenters. The number of hydrogen-bond donors (Lipinski definition) is 1. The molecule has 0 atom stereocenters. The molecule has 0 aliphatic carbocycles. The van der Waals surface area contributed by atoms with Crippen molar-refractivity contribution >= 4 is 28.8 Å². The van der Waals surface area contributed by atoms with Crippen LogP contribution in [-0.2, 0) is 13.1 Å². The van der Waals surface area contributed by atoms with Gasteiger partial charge in [0.25, 0.3) is 5.91 Å². The summed E-state index contributed by atoms with van der Waals surface area (Å²) in [5, 5.41) is 3.39. The first-order valence-electron chi connectivity index (χ1n) is 13.7. The zero-order valence-electron chi connectivity index (χ0n) is 23.6. The molecule has 0 bridgehead atoms. The maximum absolute atomic E-state index is 13.5. The van der Waals surface area contributed by atoms with Gasteiger partial charge in [-0.1, -0.05) is 18.2 Å². The number of fused-ring (bicyclic) bond motifs is 2. The largest absolute Gasteiger partial charge is 0.454 e. The Morgan fingerprint density at radius 2 is 1.60 bits per heavy atom. The van der Waals surface area contributed by atoms with Crippen molar-refractivity contribution < 1.29 is 23.0 Å². The SMILES string of the molecule is CN(CCN(C)c1nc(NCc2ccc3c(c2)OCO3)c2ncn(Cc3ccc(F)cc3)c2n1)C(=O)c1ccc(F)cc1. The topological polar surface area (TPSA) is 97.6 Å². The van der Waals surface area contributed by atoms with E-state index in [1.807, 2.05) is 34.7 Å². The number of amides is 1. The minimum absolute atomic E-state index is 0.199. The van der Waals surface area contributed by atoms with Crippen molar-refractivity contribution in [3.63, 3.8) is 0 Å². The van der Waals surface area contributed by atoms with Crippen LogP contribution in [0.3, 0.4) is 0 Å². The fourth-order valence-corrected chi connectivity index (χ4v) is 4.68. The Labute approximate surface area is 246 Å². The monoisotopic (exact) mass is 585 g/mol. The van der Waals surface area contributed by atoms with Crippen molar-refractivity contribution in [3.05, 3.63) is 101 Å². The number of rotatable bonds is 10. The number of hydrogen-bond acceptors (Lipinski definition) is 8. The number of halogens is 2. The van der Waals surface area contributed by atoms with Crippen LogP contribution in [0, 0.1) is 11.6 Å². The molecule has 3 aromatic carbocycles. The van der Waals surface area contributed by atoms with Gasteiger partial charge in [0.15, 0.2) is 28.5 Å². The quantitative estimate of drug-likeness (QED) is 0.252. The second-order valence-electron chi connectivity index (χ2n) is 10.2. The first-order chi connectivity index (χ1) is 20.8. The van der Waals surface area contributed by atoms with Gasteiger partial charge in [-0.2, -0.15) is 9.97 Å². The average Bonchev–Trinajstić information content (AvgIpc) is 3.66. The molecule has 6 rings (SSSR count). The average molecular weight is 586 g/mol. The molecule has 1 aliphatic heterocycles. The van der Waals surface area contributed by atoms with E-state index >= 15 is 0 Å². The molecule has 1 aliphatic rings. The molecule has 43 heavy (non-hydrogen) atoms. The summed E-state index contributed by atoms with van der Waals surface area (Å²) in [4.78, 5) is 30.5. The second kappa shape index (κ2) is 11.9. The zero-order chi connectivity index (χ0) is 29.9. The Hall–Kier alpha value is -5.26. The third-order valence-corrected chi connectivity index (χ3v) is 7.17. The van der Waals surface area contributed by atoms with Gasteiger partial charge in [-0.15, -0.1) is 0 Å². The van der Waals surface area contributed by atoms with E-state index < -0.39 is 5.82 Å². The number of likely N-dealkylation sites (N-methyl/N-ethyl adjacent to an activating group) is 2. The summed E-state index contributed by atoms with van der Waals surface area (Å²) < 4.78 is 39.6. The van der Waals surface area contributed by atoms with E-state index in [1.54, 1.807) is 30.4 Å². The van der Waals surface area contributed by atoms with Crippen molar-refractivity contribution in [1.82, 2.24) is 24.4 Å². The number of carbonyl (C=O) groups excluding carboxylic acids is 1. The third-order valence-electron chi connectivity index (χ3n) is 7.17. The van der Waals surface area contributed by atoms with Gasteiger partial charge in [-0.05, 0) is 59.7 Å². The number of carbonyl (C=O) groups is 1. The highest BCUT2D eigenvalue weighted by Crippen LogP contribution is 2.33. The molecule has 0 radical (unpaired) electrons. The highest BCUT2D eigenvalue weighted by molar-refractivity contribution is 5.94. The zero-order valence-corrected chi connectivity index (χ0v) is 23.6. The fourth-order valence-electron chi connectivity index (χ4n) is 4.68. The van der Waals surface area contributed by atoms with Crippen LogP contribution >= 0.6 is 0 Å². The highest BCUT2D eigenvalue weighted by atomic mass is 19.1. The molecule has 0 spiro atoms. The molecule has 10 nitrogen and oxygen atoms in total. The van der Waals surface area contributed by atoms with Crippen LogP contribution in [0.5, 0.6) is 11.5 Å². The lowest BCUT2D eigenvalue weighted by Gasteiger charge is -2.23. The Kier molecular flexibility index (Phi) is 7.73. The van der Waals surface area contributed by atoms with E-state index in [0.29, 0.717) is 66.2 Å². The van der Waals surface area contributed by atoms with E-state index in [0.717, 1.165) is 11.1 Å². The third kappa shape index (κ3) is 6.17. The molecule has 3 heterocycles. The summed E-state index contributed by atoms with van der Waals surface area (Å²) in [6.45, 7) is 1.90. The molecule has 220 valence electrons. The molecule has 2 aromatic heterocycles. The van der Waals surface area contributed by atoms with Crippen LogP contribution in [0.15, 0.2) is 73.1 Å². The summed E-state index contributed by atoms with van der Waals surface area (Å²) >= 11 is 0. The lowest BCUT2D eigenvalue weighted by molar-refractivity contribution is 0.0798. The summed E-state index contributed by atoms with van der Waals surface area (Å²) in [6.07, 6.45) is 1.69. The number of ether oxygens (including phenoxy) is 2. The van der Waals surface area contributed by atoms with Crippen molar-refractivity contribution in [2.45, 2.75) is 13.1 Å². The van der Waals surface area contributed by atoms with Crippen molar-refractivity contribution in [3.8, 4) is 11.5 Å². The summed E-state index contributed by atoms with van der Waals surface area (Å²) in [5.41, 5.74) is 3.46. The Bertz CT molecular complexity index is 1760. The van der Waals surface area contributed by atoms with Gasteiger partial charge >= 0.3 is 0 Å². The van der Waals surface area contributed by atoms with Crippen LogP contribution in [0.4, 0.5) is 20.5 Å². The van der Waals surface area contributed by atoms with Crippen LogP contribution in [0.25, 0.3) is 11.2 Å². The van der Waals surface area contributed by atoms with E-state index in [9.17, 15) is 13.6 Å². The number of nitrogens with one attached hydrogen (secondary N) is 1. The van der Waals surface area contributed by atoms with Crippen LogP contribution in [0.1, 0.15) is 21.5 Å². The molecule has 12 heteroatoms. The first kappa shape index (κ1) is 27.9. The summed E-state index contributed by atoms with van der Waals surface area (Å²) in [5.74, 6) is 1.46. The van der Waals surface area contributed by atoms with Gasteiger partial charge in [0.2, 0.25) is 12.7 Å². The van der Waals surface area contributed by atoms with Crippen LogP contribution < -0.4 is 19.7 Å². The Morgan fingerprint density at radius 1 is 0.907 bits per heavy atom. The van der Waals surface area contributed by atoms with Gasteiger partial charge in [0.1, 0.15) is 11.6 Å². The predicted molar refractivity (Wildman–Crippen MR) is 157 cm³/mol. The lowest BCUT2D eigenvalue weighted by atomic mass is 10.2. The maximum atomic E-state index is 13.5. The molecule has 0 saturated carbocycles. The molecule has 1 N–H and O–H groups in total. The Morgan fingerprint density at radius 3 is 2.37 bits per heavy atom. The predicted octanol–water partition coefficient (Wildman–Crippen LogP) is 4.70. The minimum atomic E-state index is -0.395. The second-order valence-corrected chi connectivity index (χ2v) is 10.2.